The predicted molar refractivity (Wildman–Crippen MR) is 108 cm³/mol. The molecule has 0 saturated carbocycles. The lowest BCUT2D eigenvalue weighted by Crippen LogP contribution is -2.50. The highest BCUT2D eigenvalue weighted by Gasteiger charge is 2.57. The van der Waals surface area contributed by atoms with E-state index >= 15 is 0 Å². The second-order valence-electron chi connectivity index (χ2n) is 8.83. The Bertz CT molecular complexity index is 686. The highest BCUT2D eigenvalue weighted by molar-refractivity contribution is 5.85. The molecule has 1 aromatic rings. The van der Waals surface area contributed by atoms with Gasteiger partial charge in [-0.25, -0.2) is 0 Å². The first-order valence-corrected chi connectivity index (χ1v) is 10.5. The topological polar surface area (TPSA) is 73.7 Å². The van der Waals surface area contributed by atoms with Gasteiger partial charge in [0.1, 0.15) is 5.54 Å². The van der Waals surface area contributed by atoms with Gasteiger partial charge >= 0.3 is 5.97 Å². The van der Waals surface area contributed by atoms with E-state index in [9.17, 15) is 14.7 Å². The molecule has 0 radical (unpaired) electrons. The molecule has 0 unspecified atom stereocenters. The molecule has 1 N–H and O–H groups in total. The van der Waals surface area contributed by atoms with Crippen molar-refractivity contribution in [3.63, 3.8) is 0 Å². The zero-order valence-electron chi connectivity index (χ0n) is 17.3. The summed E-state index contributed by atoms with van der Waals surface area (Å²) in [5, 5.41) is 10.2. The van der Waals surface area contributed by atoms with Gasteiger partial charge in [-0.2, -0.15) is 0 Å². The number of nitrogens with zero attached hydrogens (tertiary/aromatic N) is 3. The van der Waals surface area contributed by atoms with Crippen molar-refractivity contribution in [3.8, 4) is 0 Å². The van der Waals surface area contributed by atoms with E-state index in [0.29, 0.717) is 12.8 Å². The van der Waals surface area contributed by atoms with Crippen LogP contribution in [0, 0.1) is 11.8 Å². The number of carbonyl (C=O) groups excluding carboxylic acids is 1. The van der Waals surface area contributed by atoms with E-state index in [4.69, 9.17) is 0 Å². The maximum atomic E-state index is 13.6. The molecule has 3 rings (SSSR count). The van der Waals surface area contributed by atoms with Crippen molar-refractivity contribution in [1.82, 2.24) is 14.8 Å². The van der Waals surface area contributed by atoms with Crippen LogP contribution in [0.4, 0.5) is 0 Å². The fourth-order valence-corrected chi connectivity index (χ4v) is 5.14. The van der Waals surface area contributed by atoms with Gasteiger partial charge in [-0.3, -0.25) is 19.5 Å². The van der Waals surface area contributed by atoms with E-state index in [1.807, 2.05) is 42.8 Å². The number of aromatic nitrogens is 1. The Morgan fingerprint density at radius 1 is 1.25 bits per heavy atom. The Balaban J connectivity index is 1.99. The zero-order chi connectivity index (χ0) is 20.3. The Kier molecular flexibility index (Phi) is 6.38. The largest absolute Gasteiger partial charge is 0.480 e. The summed E-state index contributed by atoms with van der Waals surface area (Å²) in [6, 6.07) is 3.56. The number of amides is 1. The van der Waals surface area contributed by atoms with Crippen LogP contribution in [0.15, 0.2) is 24.5 Å². The fourth-order valence-electron chi connectivity index (χ4n) is 5.14. The van der Waals surface area contributed by atoms with Gasteiger partial charge in [0.25, 0.3) is 0 Å². The first kappa shape index (κ1) is 20.8. The maximum Gasteiger partial charge on any atom is 0.324 e. The Hall–Kier alpha value is -1.95. The molecule has 3 atom stereocenters. The van der Waals surface area contributed by atoms with Crippen LogP contribution in [0.1, 0.15) is 64.0 Å². The molecule has 0 aromatic carbocycles. The summed E-state index contributed by atoms with van der Waals surface area (Å²) >= 11 is 0. The smallest absolute Gasteiger partial charge is 0.324 e. The summed E-state index contributed by atoms with van der Waals surface area (Å²) < 4.78 is 0. The van der Waals surface area contributed by atoms with Crippen LogP contribution < -0.4 is 0 Å². The molecule has 1 amide bonds. The monoisotopic (exact) mass is 387 g/mol. The van der Waals surface area contributed by atoms with E-state index in [2.05, 4.69) is 4.98 Å². The molecule has 2 fully saturated rings. The summed E-state index contributed by atoms with van der Waals surface area (Å²) in [7, 11) is 1.86. The molecule has 1 aromatic heterocycles. The minimum atomic E-state index is -1.03. The van der Waals surface area contributed by atoms with Crippen molar-refractivity contribution >= 4 is 11.9 Å². The second kappa shape index (κ2) is 8.60. The fraction of sp³-hybridized carbons (Fsp3) is 0.682. The van der Waals surface area contributed by atoms with E-state index in [1.54, 1.807) is 12.4 Å². The number of aliphatic carboxylic acids is 1. The molecule has 2 aliphatic heterocycles. The molecule has 6 nitrogen and oxygen atoms in total. The molecular weight excluding hydrogens is 354 g/mol. The lowest BCUT2D eigenvalue weighted by atomic mass is 9.83. The van der Waals surface area contributed by atoms with Crippen LogP contribution in [0.5, 0.6) is 0 Å². The number of carboxylic acid groups (broad SMARTS) is 1. The van der Waals surface area contributed by atoms with Gasteiger partial charge in [-0.15, -0.1) is 0 Å². The third kappa shape index (κ3) is 3.93. The third-order valence-electron chi connectivity index (χ3n) is 6.44. The van der Waals surface area contributed by atoms with Crippen LogP contribution in [0.25, 0.3) is 0 Å². The number of rotatable bonds is 5. The van der Waals surface area contributed by atoms with Crippen LogP contribution >= 0.6 is 0 Å². The minimum Gasteiger partial charge on any atom is -0.480 e. The highest BCUT2D eigenvalue weighted by Crippen LogP contribution is 2.49. The Morgan fingerprint density at radius 3 is 2.46 bits per heavy atom. The number of carbonyl (C=O) groups is 2. The molecule has 0 bridgehead atoms. The van der Waals surface area contributed by atoms with Crippen LogP contribution in [0.2, 0.25) is 0 Å². The van der Waals surface area contributed by atoms with Crippen molar-refractivity contribution in [1.29, 1.82) is 0 Å². The van der Waals surface area contributed by atoms with Gasteiger partial charge in [-0.1, -0.05) is 32.8 Å². The number of likely N-dealkylation sites (N-methyl/N-ethyl adjacent to an activating group) is 1. The molecule has 3 heterocycles. The number of hydrogen-bond acceptors (Lipinski definition) is 4. The lowest BCUT2D eigenvalue weighted by Gasteiger charge is -2.36. The van der Waals surface area contributed by atoms with Gasteiger partial charge < -0.3 is 10.0 Å². The van der Waals surface area contributed by atoms with Crippen LogP contribution in [-0.2, 0) is 9.59 Å². The Labute approximate surface area is 167 Å². The van der Waals surface area contributed by atoms with Crippen molar-refractivity contribution in [2.75, 3.05) is 20.1 Å². The molecule has 28 heavy (non-hydrogen) atoms. The van der Waals surface area contributed by atoms with Gasteiger partial charge in [-0.05, 0) is 50.3 Å². The first-order chi connectivity index (χ1) is 13.4. The number of pyridine rings is 1. The molecule has 154 valence electrons. The maximum absolute atomic E-state index is 13.6. The van der Waals surface area contributed by atoms with E-state index in [0.717, 1.165) is 44.3 Å². The van der Waals surface area contributed by atoms with Crippen LogP contribution in [0.3, 0.4) is 0 Å². The summed E-state index contributed by atoms with van der Waals surface area (Å²) in [6.07, 6.45) is 8.74. The van der Waals surface area contributed by atoms with Gasteiger partial charge in [0.05, 0.1) is 5.92 Å². The summed E-state index contributed by atoms with van der Waals surface area (Å²) in [4.78, 5) is 34.2. The number of hydrogen-bond donors (Lipinski definition) is 1. The molecule has 2 saturated heterocycles. The van der Waals surface area contributed by atoms with E-state index in [-0.39, 0.29) is 23.8 Å². The van der Waals surface area contributed by atoms with Crippen molar-refractivity contribution < 1.29 is 14.7 Å². The summed E-state index contributed by atoms with van der Waals surface area (Å²) in [5.74, 6) is -0.861. The zero-order valence-corrected chi connectivity index (χ0v) is 17.3. The molecular formula is C22H33N3O3. The van der Waals surface area contributed by atoms with E-state index in [1.165, 1.54) is 0 Å². The quantitative estimate of drug-likeness (QED) is 0.839. The van der Waals surface area contributed by atoms with Crippen molar-refractivity contribution in [2.24, 2.45) is 11.8 Å². The summed E-state index contributed by atoms with van der Waals surface area (Å²) in [6.45, 7) is 5.65. The van der Waals surface area contributed by atoms with E-state index < -0.39 is 11.5 Å². The number of carboxylic acids is 1. The number of likely N-dealkylation sites (tertiary alicyclic amines) is 2. The molecule has 0 spiro atoms. The Morgan fingerprint density at radius 2 is 1.93 bits per heavy atom. The average Bonchev–Trinajstić information content (AvgIpc) is 2.82. The van der Waals surface area contributed by atoms with Crippen molar-refractivity contribution in [3.05, 3.63) is 30.1 Å². The average molecular weight is 388 g/mol. The SMILES string of the molecule is CC(C)C[C@@]1(C(=O)O)C[C@H](C(=O)N2CCCCCC2)[C@H](c2cccnc2)N1C. The summed E-state index contributed by atoms with van der Waals surface area (Å²) in [5.41, 5.74) is -0.106. The predicted octanol–water partition coefficient (Wildman–Crippen LogP) is 3.35. The lowest BCUT2D eigenvalue weighted by molar-refractivity contribution is -0.151. The normalized spacial score (nSPS) is 29.1. The molecule has 2 aliphatic rings. The second-order valence-corrected chi connectivity index (χ2v) is 8.83. The minimum absolute atomic E-state index is 0.106. The van der Waals surface area contributed by atoms with Gasteiger partial charge in [0.2, 0.25) is 5.91 Å². The van der Waals surface area contributed by atoms with Gasteiger partial charge in [0.15, 0.2) is 0 Å². The molecule has 0 aliphatic carbocycles. The van der Waals surface area contributed by atoms with Gasteiger partial charge in [0, 0.05) is 31.5 Å². The van der Waals surface area contributed by atoms with Crippen LogP contribution in [-0.4, -0.2) is 57.4 Å². The third-order valence-corrected chi connectivity index (χ3v) is 6.44. The highest BCUT2D eigenvalue weighted by atomic mass is 16.4. The first-order valence-electron chi connectivity index (χ1n) is 10.5. The molecule has 6 heteroatoms. The standard InChI is InChI=1S/C22H33N3O3/c1-16(2)13-22(21(27)28)14-18(20(26)25-11-6-4-5-7-12-25)19(24(22)3)17-9-8-10-23-15-17/h8-10,15-16,18-19H,4-7,11-14H2,1-3H3,(H,27,28)/t18-,19-,22-/m0/s1. The van der Waals surface area contributed by atoms with Crippen molar-refractivity contribution in [2.45, 2.75) is 64.0 Å².